The molecular formula is C18H19FN4O. The predicted molar refractivity (Wildman–Crippen MR) is 87.6 cm³/mol. The molecule has 124 valence electrons. The van der Waals surface area contributed by atoms with Crippen molar-refractivity contribution >= 4 is 0 Å². The molecule has 0 aliphatic carbocycles. The molecule has 1 aromatic carbocycles. The number of oxazole rings is 1. The van der Waals surface area contributed by atoms with E-state index < -0.39 is 0 Å². The average molecular weight is 326 g/mol. The van der Waals surface area contributed by atoms with E-state index in [9.17, 15) is 4.39 Å². The Bertz CT molecular complexity index is 782. The number of hydrogen-bond donors (Lipinski definition) is 0. The fourth-order valence-electron chi connectivity index (χ4n) is 3.25. The Morgan fingerprint density at radius 3 is 2.92 bits per heavy atom. The molecule has 1 atom stereocenters. The largest absolute Gasteiger partial charge is 0.444 e. The summed E-state index contributed by atoms with van der Waals surface area (Å²) < 4.78 is 20.6. The second-order valence-electron chi connectivity index (χ2n) is 6.15. The van der Waals surface area contributed by atoms with Gasteiger partial charge in [-0.1, -0.05) is 0 Å². The van der Waals surface area contributed by atoms with E-state index in [0.717, 1.165) is 30.9 Å². The van der Waals surface area contributed by atoms with Crippen LogP contribution in [-0.4, -0.2) is 32.3 Å². The average Bonchev–Trinajstić information content (AvgIpc) is 3.32. The van der Waals surface area contributed by atoms with E-state index in [1.54, 1.807) is 18.4 Å². The third kappa shape index (κ3) is 3.23. The zero-order valence-corrected chi connectivity index (χ0v) is 13.3. The van der Waals surface area contributed by atoms with Crippen LogP contribution >= 0.6 is 0 Å². The minimum absolute atomic E-state index is 0.260. The molecule has 0 radical (unpaired) electrons. The van der Waals surface area contributed by atoms with Crippen molar-refractivity contribution in [3.63, 3.8) is 0 Å². The topological polar surface area (TPSA) is 47.1 Å². The maximum atomic E-state index is 13.0. The molecule has 2 aromatic heterocycles. The first-order valence-electron chi connectivity index (χ1n) is 8.20. The summed E-state index contributed by atoms with van der Waals surface area (Å²) in [7, 11) is 0. The molecule has 4 rings (SSSR count). The molecule has 3 aromatic rings. The first kappa shape index (κ1) is 15.1. The normalized spacial score (nSPS) is 18.3. The van der Waals surface area contributed by atoms with Gasteiger partial charge in [-0.3, -0.25) is 9.58 Å². The van der Waals surface area contributed by atoms with Gasteiger partial charge in [0, 0.05) is 30.5 Å². The summed E-state index contributed by atoms with van der Waals surface area (Å²) in [5, 5.41) is 4.30. The molecule has 1 aliphatic rings. The van der Waals surface area contributed by atoms with Crippen LogP contribution in [-0.2, 0) is 13.1 Å². The van der Waals surface area contributed by atoms with Crippen LogP contribution in [0, 0.1) is 5.82 Å². The van der Waals surface area contributed by atoms with Crippen LogP contribution in [0.5, 0.6) is 0 Å². The lowest BCUT2D eigenvalue weighted by Crippen LogP contribution is -2.32. The quantitative estimate of drug-likeness (QED) is 0.721. The predicted octanol–water partition coefficient (Wildman–Crippen LogP) is 3.34. The molecule has 1 fully saturated rings. The Morgan fingerprint density at radius 1 is 1.25 bits per heavy atom. The smallest absolute Gasteiger partial charge is 0.226 e. The van der Waals surface area contributed by atoms with Crippen LogP contribution in [0.25, 0.3) is 11.5 Å². The van der Waals surface area contributed by atoms with E-state index in [0.29, 0.717) is 11.9 Å². The lowest BCUT2D eigenvalue weighted by molar-refractivity contribution is 0.217. The number of hydrogen-bond acceptors (Lipinski definition) is 4. The number of likely N-dealkylation sites (tertiary alicyclic amines) is 1. The zero-order valence-electron chi connectivity index (χ0n) is 13.3. The van der Waals surface area contributed by atoms with Gasteiger partial charge in [0.15, 0.2) is 0 Å². The summed E-state index contributed by atoms with van der Waals surface area (Å²) in [5.41, 5.74) is 1.69. The van der Waals surface area contributed by atoms with Gasteiger partial charge in [0.1, 0.15) is 12.1 Å². The van der Waals surface area contributed by atoms with Gasteiger partial charge >= 0.3 is 0 Å². The molecule has 0 spiro atoms. The number of rotatable bonds is 5. The molecule has 5 nitrogen and oxygen atoms in total. The Kier molecular flexibility index (Phi) is 4.13. The van der Waals surface area contributed by atoms with Gasteiger partial charge < -0.3 is 4.42 Å². The SMILES string of the molecule is Fc1ccc(-c2nc(CN3CCC[C@H]3Cn3cccn3)co2)cc1. The Labute approximate surface area is 139 Å². The van der Waals surface area contributed by atoms with Crippen LogP contribution in [0.3, 0.4) is 0 Å². The van der Waals surface area contributed by atoms with Crippen LogP contribution in [0.2, 0.25) is 0 Å². The fraction of sp³-hybridized carbons (Fsp3) is 0.333. The molecule has 0 unspecified atom stereocenters. The molecule has 0 bridgehead atoms. The van der Waals surface area contributed by atoms with Crippen LogP contribution in [0.15, 0.2) is 53.4 Å². The highest BCUT2D eigenvalue weighted by Gasteiger charge is 2.26. The summed E-state index contributed by atoms with van der Waals surface area (Å²) in [6.45, 7) is 2.72. The van der Waals surface area contributed by atoms with E-state index in [-0.39, 0.29) is 5.82 Å². The Hall–Kier alpha value is -2.47. The van der Waals surface area contributed by atoms with Gasteiger partial charge in [-0.2, -0.15) is 5.10 Å². The maximum Gasteiger partial charge on any atom is 0.226 e. The standard InChI is InChI=1S/C18H19FN4O/c19-15-6-4-14(5-7-15)18-21-16(13-24-18)11-22-9-1-3-17(22)12-23-10-2-8-20-23/h2,4-8,10,13,17H,1,3,9,11-12H2/t17-/m0/s1. The van der Waals surface area contributed by atoms with E-state index >= 15 is 0 Å². The third-order valence-corrected chi connectivity index (χ3v) is 4.46. The summed E-state index contributed by atoms with van der Waals surface area (Å²) in [6.07, 6.45) is 7.87. The molecule has 1 aliphatic heterocycles. The number of benzene rings is 1. The van der Waals surface area contributed by atoms with Crippen molar-refractivity contribution in [1.29, 1.82) is 0 Å². The summed E-state index contributed by atoms with van der Waals surface area (Å²) in [4.78, 5) is 6.98. The highest BCUT2D eigenvalue weighted by atomic mass is 19.1. The summed E-state index contributed by atoms with van der Waals surface area (Å²) in [6, 6.07) is 8.62. The Balaban J connectivity index is 1.44. The van der Waals surface area contributed by atoms with Crippen LogP contribution in [0.4, 0.5) is 4.39 Å². The van der Waals surface area contributed by atoms with Gasteiger partial charge in [0.05, 0.1) is 12.2 Å². The first-order chi connectivity index (χ1) is 11.8. The molecule has 0 amide bonds. The number of nitrogens with zero attached hydrogens (tertiary/aromatic N) is 4. The molecule has 3 heterocycles. The second kappa shape index (κ2) is 6.57. The van der Waals surface area contributed by atoms with Crippen LogP contribution in [0.1, 0.15) is 18.5 Å². The van der Waals surface area contributed by atoms with E-state index in [4.69, 9.17) is 4.42 Å². The van der Waals surface area contributed by atoms with Crippen molar-refractivity contribution < 1.29 is 8.81 Å². The van der Waals surface area contributed by atoms with Gasteiger partial charge in [0.2, 0.25) is 5.89 Å². The van der Waals surface area contributed by atoms with Gasteiger partial charge in [-0.05, 0) is 49.7 Å². The second-order valence-corrected chi connectivity index (χ2v) is 6.15. The number of halogens is 1. The molecule has 24 heavy (non-hydrogen) atoms. The minimum Gasteiger partial charge on any atom is -0.444 e. The molecule has 1 saturated heterocycles. The summed E-state index contributed by atoms with van der Waals surface area (Å²) in [5.74, 6) is 0.275. The lowest BCUT2D eigenvalue weighted by Gasteiger charge is -2.23. The van der Waals surface area contributed by atoms with Gasteiger partial charge in [-0.25, -0.2) is 9.37 Å². The molecule has 0 N–H and O–H groups in total. The van der Waals surface area contributed by atoms with Crippen molar-refractivity contribution in [2.75, 3.05) is 6.54 Å². The zero-order chi connectivity index (χ0) is 16.4. The van der Waals surface area contributed by atoms with Crippen LogP contribution < -0.4 is 0 Å². The van der Waals surface area contributed by atoms with E-state index in [2.05, 4.69) is 15.0 Å². The highest BCUT2D eigenvalue weighted by molar-refractivity contribution is 5.52. The Morgan fingerprint density at radius 2 is 2.12 bits per heavy atom. The van der Waals surface area contributed by atoms with E-state index in [1.807, 2.05) is 23.1 Å². The molecule has 6 heteroatoms. The van der Waals surface area contributed by atoms with Crippen molar-refractivity contribution in [2.45, 2.75) is 32.0 Å². The fourth-order valence-corrected chi connectivity index (χ4v) is 3.25. The lowest BCUT2D eigenvalue weighted by atomic mass is 10.2. The third-order valence-electron chi connectivity index (χ3n) is 4.46. The van der Waals surface area contributed by atoms with Crippen molar-refractivity contribution in [2.24, 2.45) is 0 Å². The van der Waals surface area contributed by atoms with Crippen molar-refractivity contribution in [3.05, 3.63) is 60.5 Å². The highest BCUT2D eigenvalue weighted by Crippen LogP contribution is 2.23. The first-order valence-corrected chi connectivity index (χ1v) is 8.20. The number of aromatic nitrogens is 3. The minimum atomic E-state index is -0.260. The van der Waals surface area contributed by atoms with Gasteiger partial charge in [-0.15, -0.1) is 0 Å². The van der Waals surface area contributed by atoms with E-state index in [1.165, 1.54) is 25.0 Å². The summed E-state index contributed by atoms with van der Waals surface area (Å²) >= 11 is 0. The van der Waals surface area contributed by atoms with Crippen molar-refractivity contribution in [1.82, 2.24) is 19.7 Å². The van der Waals surface area contributed by atoms with Gasteiger partial charge in [0.25, 0.3) is 0 Å². The van der Waals surface area contributed by atoms with Crippen molar-refractivity contribution in [3.8, 4) is 11.5 Å². The molecule has 0 saturated carbocycles. The maximum absolute atomic E-state index is 13.0. The molecular weight excluding hydrogens is 307 g/mol. The monoisotopic (exact) mass is 326 g/mol.